The first-order valence-electron chi connectivity index (χ1n) is 5.22. The Kier molecular flexibility index (Phi) is 4.46. The van der Waals surface area contributed by atoms with E-state index in [1.54, 1.807) is 0 Å². The molecule has 8 heteroatoms. The second-order valence-electron chi connectivity index (χ2n) is 3.81. The summed E-state index contributed by atoms with van der Waals surface area (Å²) in [6.07, 6.45) is 0. The number of hydrogen-bond acceptors (Lipinski definition) is 2. The second-order valence-corrected chi connectivity index (χ2v) is 7.20. The van der Waals surface area contributed by atoms with Gasteiger partial charge in [0.25, 0.3) is 10.0 Å². The fourth-order valence-electron chi connectivity index (χ4n) is 1.42. The van der Waals surface area contributed by atoms with Crippen LogP contribution in [-0.4, -0.2) is 8.42 Å². The molecule has 0 saturated carbocycles. The van der Waals surface area contributed by atoms with E-state index in [1.807, 2.05) is 0 Å². The predicted molar refractivity (Wildman–Crippen MR) is 79.0 cm³/mol. The Morgan fingerprint density at radius 2 is 1.60 bits per heavy atom. The summed E-state index contributed by atoms with van der Waals surface area (Å²) in [4.78, 5) is -0.223. The first kappa shape index (κ1) is 15.4. The minimum absolute atomic E-state index is 0.125. The molecule has 2 aromatic carbocycles. The van der Waals surface area contributed by atoms with Crippen molar-refractivity contribution in [2.45, 2.75) is 4.90 Å². The molecule has 0 amide bonds. The van der Waals surface area contributed by atoms with E-state index in [2.05, 4.69) is 36.6 Å². The van der Waals surface area contributed by atoms with Crippen LogP contribution in [0.5, 0.6) is 0 Å². The van der Waals surface area contributed by atoms with Gasteiger partial charge in [-0.3, -0.25) is 4.72 Å². The van der Waals surface area contributed by atoms with Crippen LogP contribution < -0.4 is 4.72 Å². The molecule has 3 nitrogen and oxygen atoms in total. The molecular weight excluding hydrogens is 420 g/mol. The van der Waals surface area contributed by atoms with Crippen LogP contribution in [-0.2, 0) is 10.0 Å². The summed E-state index contributed by atoms with van der Waals surface area (Å²) in [5.41, 5.74) is 0.168. The molecule has 1 N–H and O–H groups in total. The van der Waals surface area contributed by atoms with Crippen molar-refractivity contribution < 1.29 is 17.2 Å². The quantitative estimate of drug-likeness (QED) is 0.795. The normalized spacial score (nSPS) is 11.4. The molecule has 20 heavy (non-hydrogen) atoms. The van der Waals surface area contributed by atoms with Gasteiger partial charge >= 0.3 is 0 Å². The number of hydrogen-bond donors (Lipinski definition) is 1. The average molecular weight is 427 g/mol. The Balaban J connectivity index is 2.35. The molecular formula is C12H7Br2F2NO2S. The van der Waals surface area contributed by atoms with E-state index < -0.39 is 21.7 Å². The Morgan fingerprint density at radius 3 is 2.20 bits per heavy atom. The summed E-state index contributed by atoms with van der Waals surface area (Å²) in [5, 5.41) is 0. The minimum Gasteiger partial charge on any atom is -0.280 e. The highest BCUT2D eigenvalue weighted by atomic mass is 79.9. The monoisotopic (exact) mass is 425 g/mol. The van der Waals surface area contributed by atoms with Crippen molar-refractivity contribution in [1.29, 1.82) is 0 Å². The van der Waals surface area contributed by atoms with Gasteiger partial charge in [0, 0.05) is 0 Å². The lowest BCUT2D eigenvalue weighted by Gasteiger charge is -2.09. The van der Waals surface area contributed by atoms with Crippen molar-refractivity contribution in [2.75, 3.05) is 4.72 Å². The molecule has 0 unspecified atom stereocenters. The van der Waals surface area contributed by atoms with Gasteiger partial charge in [-0.05, 0) is 68.3 Å². The van der Waals surface area contributed by atoms with Gasteiger partial charge in [0.15, 0.2) is 0 Å². The van der Waals surface area contributed by atoms with Crippen molar-refractivity contribution in [1.82, 2.24) is 0 Å². The van der Waals surface area contributed by atoms with Crippen LogP contribution in [0.1, 0.15) is 0 Å². The van der Waals surface area contributed by atoms with Crippen LogP contribution in [0.4, 0.5) is 14.5 Å². The fraction of sp³-hybridized carbons (Fsp3) is 0. The molecule has 0 aliphatic rings. The van der Waals surface area contributed by atoms with Gasteiger partial charge in [0.1, 0.15) is 11.6 Å². The predicted octanol–water partition coefficient (Wildman–Crippen LogP) is 4.29. The number of nitrogens with one attached hydrogen (secondary N) is 1. The molecule has 0 spiro atoms. The molecule has 0 atom stereocenters. The van der Waals surface area contributed by atoms with Gasteiger partial charge in [-0.15, -0.1) is 0 Å². The third-order valence-electron chi connectivity index (χ3n) is 2.37. The number of halogens is 4. The van der Waals surface area contributed by atoms with Gasteiger partial charge in [0.05, 0.1) is 19.5 Å². The Morgan fingerprint density at radius 1 is 0.900 bits per heavy atom. The topological polar surface area (TPSA) is 46.2 Å². The molecule has 0 aliphatic carbocycles. The van der Waals surface area contributed by atoms with E-state index in [9.17, 15) is 17.2 Å². The molecule has 0 bridgehead atoms. The maximum absolute atomic E-state index is 13.4. The lowest BCUT2D eigenvalue weighted by atomic mass is 10.3. The van der Waals surface area contributed by atoms with Crippen LogP contribution in [0.3, 0.4) is 0 Å². The van der Waals surface area contributed by atoms with Crippen molar-refractivity contribution >= 4 is 47.6 Å². The summed E-state index contributed by atoms with van der Waals surface area (Å²) in [6, 6.07) is 7.11. The van der Waals surface area contributed by atoms with Crippen LogP contribution in [0.2, 0.25) is 0 Å². The van der Waals surface area contributed by atoms with E-state index in [-0.39, 0.29) is 19.5 Å². The van der Waals surface area contributed by atoms with Crippen LogP contribution in [0.15, 0.2) is 50.2 Å². The highest BCUT2D eigenvalue weighted by molar-refractivity contribution is 9.10. The molecule has 0 aromatic heterocycles. The molecule has 0 fully saturated rings. The van der Waals surface area contributed by atoms with E-state index in [0.717, 1.165) is 12.1 Å². The highest BCUT2D eigenvalue weighted by Crippen LogP contribution is 2.24. The van der Waals surface area contributed by atoms with Crippen molar-refractivity contribution in [3.05, 3.63) is 57.0 Å². The molecule has 0 heterocycles. The zero-order valence-electron chi connectivity index (χ0n) is 9.70. The third-order valence-corrected chi connectivity index (χ3v) is 5.00. The molecule has 0 saturated heterocycles. The molecule has 0 radical (unpaired) electrons. The Hall–Kier alpha value is -0.990. The van der Waals surface area contributed by atoms with E-state index in [0.29, 0.717) is 0 Å². The number of anilines is 1. The average Bonchev–Trinajstić information content (AvgIpc) is 2.37. The van der Waals surface area contributed by atoms with Crippen molar-refractivity contribution in [2.24, 2.45) is 0 Å². The first-order chi connectivity index (χ1) is 9.29. The SMILES string of the molecule is O=S(=O)(Nc1ccc(F)c(Br)c1)c1ccc(Br)c(F)c1. The van der Waals surface area contributed by atoms with E-state index in [1.165, 1.54) is 24.3 Å². The fourth-order valence-corrected chi connectivity index (χ4v) is 3.10. The van der Waals surface area contributed by atoms with Gasteiger partial charge < -0.3 is 0 Å². The third kappa shape index (κ3) is 3.36. The first-order valence-corrected chi connectivity index (χ1v) is 8.29. The van der Waals surface area contributed by atoms with Gasteiger partial charge in [-0.2, -0.15) is 0 Å². The van der Waals surface area contributed by atoms with Gasteiger partial charge in [-0.1, -0.05) is 0 Å². The van der Waals surface area contributed by atoms with Crippen molar-refractivity contribution in [3.63, 3.8) is 0 Å². The van der Waals surface area contributed by atoms with Crippen LogP contribution >= 0.6 is 31.9 Å². The summed E-state index contributed by atoms with van der Waals surface area (Å²) in [6.45, 7) is 0. The standard InChI is InChI=1S/C12H7Br2F2NO2S/c13-9-3-2-8(6-12(9)16)20(18,19)17-7-1-4-11(15)10(14)5-7/h1-6,17H. The Bertz CT molecular complexity index is 766. The summed E-state index contributed by atoms with van der Waals surface area (Å²) in [5.74, 6) is -1.20. The second kappa shape index (κ2) is 5.79. The smallest absolute Gasteiger partial charge is 0.261 e. The van der Waals surface area contributed by atoms with Crippen molar-refractivity contribution in [3.8, 4) is 0 Å². The maximum atomic E-state index is 13.4. The highest BCUT2D eigenvalue weighted by Gasteiger charge is 2.16. The molecule has 2 aromatic rings. The van der Waals surface area contributed by atoms with E-state index >= 15 is 0 Å². The van der Waals surface area contributed by atoms with Crippen LogP contribution in [0, 0.1) is 11.6 Å². The molecule has 0 aliphatic heterocycles. The number of benzene rings is 2. The lowest BCUT2D eigenvalue weighted by Crippen LogP contribution is -2.13. The lowest BCUT2D eigenvalue weighted by molar-refractivity contribution is 0.593. The van der Waals surface area contributed by atoms with Gasteiger partial charge in [0.2, 0.25) is 0 Å². The maximum Gasteiger partial charge on any atom is 0.261 e. The molecule has 106 valence electrons. The number of rotatable bonds is 3. The summed E-state index contributed by atoms with van der Waals surface area (Å²) >= 11 is 5.90. The summed E-state index contributed by atoms with van der Waals surface area (Å²) < 4.78 is 53.1. The zero-order chi connectivity index (χ0) is 14.9. The summed E-state index contributed by atoms with van der Waals surface area (Å²) in [7, 11) is -3.94. The number of sulfonamides is 1. The zero-order valence-corrected chi connectivity index (χ0v) is 13.7. The Labute approximate surface area is 131 Å². The van der Waals surface area contributed by atoms with E-state index in [4.69, 9.17) is 0 Å². The largest absolute Gasteiger partial charge is 0.280 e. The molecule has 2 rings (SSSR count). The minimum atomic E-state index is -3.94. The van der Waals surface area contributed by atoms with Crippen LogP contribution in [0.25, 0.3) is 0 Å². The van der Waals surface area contributed by atoms with Gasteiger partial charge in [-0.25, -0.2) is 17.2 Å².